The van der Waals surface area contributed by atoms with Crippen molar-refractivity contribution in [2.24, 2.45) is 5.73 Å². The number of hydrogen-bond donors (Lipinski definition) is 2. The van der Waals surface area contributed by atoms with Crippen LogP contribution in [-0.2, 0) is 25.5 Å². The molecular formula is C15H19N3O4. The van der Waals surface area contributed by atoms with E-state index in [9.17, 15) is 4.79 Å². The van der Waals surface area contributed by atoms with Crippen LogP contribution in [0.25, 0.3) is 0 Å². The predicted molar refractivity (Wildman–Crippen MR) is 79.6 cm³/mol. The van der Waals surface area contributed by atoms with Gasteiger partial charge in [-0.25, -0.2) is 0 Å². The molecular weight excluding hydrogens is 286 g/mol. The molecule has 1 amide bonds. The van der Waals surface area contributed by atoms with Crippen molar-refractivity contribution in [3.8, 4) is 0 Å². The molecule has 1 heterocycles. The number of ether oxygens (including phenoxy) is 3. The third-order valence-corrected chi connectivity index (χ3v) is 3.06. The third kappa shape index (κ3) is 3.98. The standard InChI is InChI=1S/C15H19N3O4/c1-2-20-8-13(19)18(14-9-21-10-22-14)7-11-3-5-12(6-4-11)15(16)17/h3-6,9H,2,7-8,10H2,1H3,(H3,16,17). The largest absolute Gasteiger partial charge is 0.459 e. The second-order valence-electron chi connectivity index (χ2n) is 4.61. The Balaban J connectivity index is 2.11. The number of carbonyl (C=O) groups excluding carboxylic acids is 1. The number of nitrogens with zero attached hydrogens (tertiary/aromatic N) is 1. The highest BCUT2D eigenvalue weighted by Gasteiger charge is 2.23. The van der Waals surface area contributed by atoms with E-state index in [4.69, 9.17) is 25.4 Å². The van der Waals surface area contributed by atoms with Crippen LogP contribution < -0.4 is 5.73 Å². The molecule has 1 aromatic rings. The van der Waals surface area contributed by atoms with E-state index in [1.165, 1.54) is 11.2 Å². The van der Waals surface area contributed by atoms with E-state index >= 15 is 0 Å². The average molecular weight is 305 g/mol. The molecule has 0 spiro atoms. The van der Waals surface area contributed by atoms with Crippen LogP contribution in [-0.4, -0.2) is 36.6 Å². The van der Waals surface area contributed by atoms with Gasteiger partial charge in [-0.05, 0) is 12.5 Å². The molecule has 1 aromatic carbocycles. The predicted octanol–water partition coefficient (Wildman–Crippen LogP) is 1.14. The number of rotatable bonds is 7. The molecule has 7 heteroatoms. The molecule has 0 fully saturated rings. The second-order valence-corrected chi connectivity index (χ2v) is 4.61. The first-order valence-corrected chi connectivity index (χ1v) is 6.88. The lowest BCUT2D eigenvalue weighted by atomic mass is 10.1. The van der Waals surface area contributed by atoms with Crippen molar-refractivity contribution in [1.82, 2.24) is 4.90 Å². The van der Waals surface area contributed by atoms with E-state index in [0.29, 0.717) is 24.6 Å². The molecule has 0 unspecified atom stereocenters. The molecule has 0 aliphatic carbocycles. The molecule has 22 heavy (non-hydrogen) atoms. The van der Waals surface area contributed by atoms with E-state index in [1.807, 2.05) is 19.1 Å². The Morgan fingerprint density at radius 2 is 2.14 bits per heavy atom. The molecule has 118 valence electrons. The monoisotopic (exact) mass is 305 g/mol. The van der Waals surface area contributed by atoms with E-state index in [2.05, 4.69) is 0 Å². The lowest BCUT2D eigenvalue weighted by molar-refractivity contribution is -0.137. The normalized spacial score (nSPS) is 13.0. The maximum absolute atomic E-state index is 12.2. The Labute approximate surface area is 128 Å². The first-order chi connectivity index (χ1) is 10.6. The van der Waals surface area contributed by atoms with E-state index < -0.39 is 0 Å². The third-order valence-electron chi connectivity index (χ3n) is 3.06. The highest BCUT2D eigenvalue weighted by Crippen LogP contribution is 2.17. The van der Waals surface area contributed by atoms with Gasteiger partial charge in [-0.3, -0.25) is 15.1 Å². The zero-order valence-corrected chi connectivity index (χ0v) is 12.4. The van der Waals surface area contributed by atoms with Gasteiger partial charge in [0.1, 0.15) is 18.7 Å². The fourth-order valence-electron chi connectivity index (χ4n) is 1.90. The first-order valence-electron chi connectivity index (χ1n) is 6.88. The maximum Gasteiger partial charge on any atom is 0.255 e. The number of amidine groups is 1. The van der Waals surface area contributed by atoms with Gasteiger partial charge >= 0.3 is 0 Å². The molecule has 0 atom stereocenters. The van der Waals surface area contributed by atoms with Crippen molar-refractivity contribution < 1.29 is 19.0 Å². The van der Waals surface area contributed by atoms with Gasteiger partial charge in [-0.15, -0.1) is 0 Å². The van der Waals surface area contributed by atoms with Crippen LogP contribution in [0, 0.1) is 5.41 Å². The SMILES string of the molecule is CCOCC(=O)N(Cc1ccc(C(=N)N)cc1)C1=COCO1. The minimum absolute atomic E-state index is 0.00561. The topological polar surface area (TPSA) is 97.9 Å². The molecule has 2 rings (SSSR count). The number of hydrogen-bond acceptors (Lipinski definition) is 5. The minimum Gasteiger partial charge on any atom is -0.459 e. The summed E-state index contributed by atoms with van der Waals surface area (Å²) in [6.45, 7) is 2.68. The molecule has 0 saturated carbocycles. The van der Waals surface area contributed by atoms with Crippen LogP contribution in [0.15, 0.2) is 36.4 Å². The lowest BCUT2D eigenvalue weighted by Crippen LogP contribution is -2.33. The van der Waals surface area contributed by atoms with Gasteiger partial charge in [-0.1, -0.05) is 24.3 Å². The Kier molecular flexibility index (Phi) is 5.37. The number of benzene rings is 1. The van der Waals surface area contributed by atoms with Crippen molar-refractivity contribution >= 4 is 11.7 Å². The molecule has 1 aliphatic heterocycles. The van der Waals surface area contributed by atoms with E-state index in [0.717, 1.165) is 5.56 Å². The highest BCUT2D eigenvalue weighted by atomic mass is 16.7. The van der Waals surface area contributed by atoms with E-state index in [-0.39, 0.29) is 25.1 Å². The van der Waals surface area contributed by atoms with Crippen LogP contribution in [0.4, 0.5) is 0 Å². The molecule has 0 radical (unpaired) electrons. The smallest absolute Gasteiger partial charge is 0.255 e. The van der Waals surface area contributed by atoms with Crippen molar-refractivity contribution in [3.63, 3.8) is 0 Å². The summed E-state index contributed by atoms with van der Waals surface area (Å²) in [7, 11) is 0. The summed E-state index contributed by atoms with van der Waals surface area (Å²) in [5, 5.41) is 7.38. The fraction of sp³-hybridized carbons (Fsp3) is 0.333. The van der Waals surface area contributed by atoms with Crippen LogP contribution in [0.3, 0.4) is 0 Å². The Morgan fingerprint density at radius 1 is 1.41 bits per heavy atom. The van der Waals surface area contributed by atoms with Crippen LogP contribution in [0.5, 0.6) is 0 Å². The summed E-state index contributed by atoms with van der Waals surface area (Å²) >= 11 is 0. The summed E-state index contributed by atoms with van der Waals surface area (Å²) in [4.78, 5) is 13.7. The van der Waals surface area contributed by atoms with Crippen molar-refractivity contribution in [2.75, 3.05) is 20.0 Å². The molecule has 0 saturated heterocycles. The van der Waals surface area contributed by atoms with Crippen LogP contribution >= 0.6 is 0 Å². The van der Waals surface area contributed by atoms with Gasteiger partial charge in [-0.2, -0.15) is 0 Å². The molecule has 3 N–H and O–H groups in total. The minimum atomic E-state index is -0.214. The maximum atomic E-state index is 12.2. The zero-order valence-electron chi connectivity index (χ0n) is 12.4. The van der Waals surface area contributed by atoms with Gasteiger partial charge in [0.25, 0.3) is 5.91 Å². The number of nitrogens with one attached hydrogen (secondary N) is 1. The number of amides is 1. The lowest BCUT2D eigenvalue weighted by Gasteiger charge is -2.22. The summed E-state index contributed by atoms with van der Waals surface area (Å²) < 4.78 is 15.5. The highest BCUT2D eigenvalue weighted by molar-refractivity contribution is 5.94. The van der Waals surface area contributed by atoms with Crippen LogP contribution in [0.2, 0.25) is 0 Å². The van der Waals surface area contributed by atoms with Gasteiger partial charge in [0.05, 0.1) is 6.54 Å². The van der Waals surface area contributed by atoms with Crippen molar-refractivity contribution in [2.45, 2.75) is 13.5 Å². The number of nitrogens with two attached hydrogens (primary N) is 1. The van der Waals surface area contributed by atoms with Gasteiger partial charge < -0.3 is 19.9 Å². The molecule has 0 aromatic heterocycles. The Hall–Kier alpha value is -2.54. The van der Waals surface area contributed by atoms with Crippen LogP contribution in [0.1, 0.15) is 18.1 Å². The Morgan fingerprint density at radius 3 is 2.68 bits per heavy atom. The van der Waals surface area contributed by atoms with Crippen molar-refractivity contribution in [3.05, 3.63) is 47.5 Å². The number of nitrogen functional groups attached to an aromatic ring is 1. The first kappa shape index (κ1) is 15.8. The van der Waals surface area contributed by atoms with Gasteiger partial charge in [0.15, 0.2) is 0 Å². The second kappa shape index (κ2) is 7.46. The van der Waals surface area contributed by atoms with Crippen molar-refractivity contribution in [1.29, 1.82) is 5.41 Å². The fourth-order valence-corrected chi connectivity index (χ4v) is 1.90. The zero-order chi connectivity index (χ0) is 15.9. The molecule has 0 bridgehead atoms. The molecule has 1 aliphatic rings. The Bertz CT molecular complexity index is 569. The summed E-state index contributed by atoms with van der Waals surface area (Å²) in [5.41, 5.74) is 6.94. The summed E-state index contributed by atoms with van der Waals surface area (Å²) in [6.07, 6.45) is 1.41. The van der Waals surface area contributed by atoms with Gasteiger partial charge in [0, 0.05) is 12.2 Å². The van der Waals surface area contributed by atoms with E-state index in [1.54, 1.807) is 12.1 Å². The average Bonchev–Trinajstić information content (AvgIpc) is 3.04. The quantitative estimate of drug-likeness (QED) is 0.581. The summed E-state index contributed by atoms with van der Waals surface area (Å²) in [6, 6.07) is 7.11. The van der Waals surface area contributed by atoms with Gasteiger partial charge in [0.2, 0.25) is 12.7 Å². The molecule has 7 nitrogen and oxygen atoms in total. The summed E-state index contributed by atoms with van der Waals surface area (Å²) in [5.74, 6) is 0.153. The number of carbonyl (C=O) groups is 1.